The van der Waals surface area contributed by atoms with Gasteiger partial charge >= 0.3 is 5.97 Å². The molecule has 0 unspecified atom stereocenters. The van der Waals surface area contributed by atoms with E-state index in [1.54, 1.807) is 4.90 Å². The second-order valence-corrected chi connectivity index (χ2v) is 7.62. The monoisotopic (exact) mass is 452 g/mol. The lowest BCUT2D eigenvalue weighted by Gasteiger charge is -2.22. The van der Waals surface area contributed by atoms with E-state index in [1.165, 1.54) is 0 Å². The molecule has 0 amide bonds. The van der Waals surface area contributed by atoms with Gasteiger partial charge in [0.25, 0.3) is 0 Å². The number of rotatable bonds is 3. The summed E-state index contributed by atoms with van der Waals surface area (Å²) in [6.45, 7) is 1.01. The van der Waals surface area contributed by atoms with Crippen LogP contribution in [0.1, 0.15) is 10.4 Å². The van der Waals surface area contributed by atoms with Crippen molar-refractivity contribution in [3.8, 4) is 5.69 Å². The van der Waals surface area contributed by atoms with E-state index in [4.69, 9.17) is 5.73 Å². The Morgan fingerprint density at radius 2 is 1.81 bits per heavy atom. The molecular formula is C20H16ClF3N4O3. The van der Waals surface area contributed by atoms with Crippen molar-refractivity contribution in [3.63, 3.8) is 0 Å². The summed E-state index contributed by atoms with van der Waals surface area (Å²) in [5, 5.41) is 9.05. The number of anilines is 1. The number of piperidine rings is 1. The zero-order chi connectivity index (χ0) is 21.3. The number of hydrogen-bond acceptors (Lipinski definition) is 5. The largest absolute Gasteiger partial charge is 0.477 e. The summed E-state index contributed by atoms with van der Waals surface area (Å²) < 4.78 is 43.7. The van der Waals surface area contributed by atoms with Gasteiger partial charge in [-0.3, -0.25) is 9.36 Å². The minimum absolute atomic E-state index is 0. The number of pyridine rings is 2. The Labute approximate surface area is 179 Å². The van der Waals surface area contributed by atoms with Gasteiger partial charge in [0.15, 0.2) is 17.3 Å². The van der Waals surface area contributed by atoms with Crippen LogP contribution < -0.4 is 16.1 Å². The second kappa shape index (κ2) is 7.24. The third-order valence-corrected chi connectivity index (χ3v) is 5.87. The molecule has 7 nitrogen and oxygen atoms in total. The van der Waals surface area contributed by atoms with Gasteiger partial charge in [-0.2, -0.15) is 0 Å². The van der Waals surface area contributed by atoms with Gasteiger partial charge in [0.1, 0.15) is 17.2 Å². The molecule has 0 radical (unpaired) electrons. The van der Waals surface area contributed by atoms with Crippen molar-refractivity contribution >= 4 is 35.2 Å². The summed E-state index contributed by atoms with van der Waals surface area (Å²) in [5.41, 5.74) is 3.94. The highest BCUT2D eigenvalue weighted by Gasteiger charge is 2.54. The van der Waals surface area contributed by atoms with Crippen LogP contribution in [0.3, 0.4) is 0 Å². The summed E-state index contributed by atoms with van der Waals surface area (Å²) in [4.78, 5) is 30.1. The van der Waals surface area contributed by atoms with Crippen LogP contribution in [-0.4, -0.2) is 39.8 Å². The van der Waals surface area contributed by atoms with E-state index in [0.29, 0.717) is 19.2 Å². The Hall–Kier alpha value is -3.11. The summed E-state index contributed by atoms with van der Waals surface area (Å²) in [6.07, 6.45) is 0.912. The van der Waals surface area contributed by atoms with Gasteiger partial charge in [-0.1, -0.05) is 0 Å². The average Bonchev–Trinajstić information content (AvgIpc) is 3.10. The molecular weight excluding hydrogens is 437 g/mol. The predicted octanol–water partition coefficient (Wildman–Crippen LogP) is 2.32. The predicted molar refractivity (Wildman–Crippen MR) is 109 cm³/mol. The van der Waals surface area contributed by atoms with E-state index in [9.17, 15) is 27.9 Å². The molecule has 3 N–H and O–H groups in total. The topological polar surface area (TPSA) is 101 Å². The first-order chi connectivity index (χ1) is 14.3. The number of nitrogens with zero attached hydrogens (tertiary/aromatic N) is 3. The van der Waals surface area contributed by atoms with E-state index >= 15 is 0 Å². The highest BCUT2D eigenvalue weighted by Crippen LogP contribution is 2.45. The van der Waals surface area contributed by atoms with Crippen molar-refractivity contribution in [2.45, 2.75) is 6.04 Å². The third-order valence-electron chi connectivity index (χ3n) is 5.87. The number of hydrogen-bond donors (Lipinski definition) is 2. The zero-order valence-electron chi connectivity index (χ0n) is 15.8. The maximum absolute atomic E-state index is 14.8. The molecule has 1 saturated carbocycles. The number of benzene rings is 1. The first-order valence-electron chi connectivity index (χ1n) is 9.21. The number of carbonyl (C=O) groups is 1. The standard InChI is InChI=1S/C20H15F3N4O3.ClH/c21-8-1-2-15(13(22)3-8)27-7-12(20(29)30)17(28)9-4-14(23)19(25-18(9)27)26-5-10-11(6-26)16(10)24;/h1-4,7,10-11,16H,5-6,24H2,(H,29,30);1H/t10-,11+,16+;. The molecule has 2 aromatic heterocycles. The average molecular weight is 453 g/mol. The maximum Gasteiger partial charge on any atom is 0.341 e. The van der Waals surface area contributed by atoms with E-state index in [1.807, 2.05) is 0 Å². The third kappa shape index (κ3) is 3.22. The minimum atomic E-state index is -1.56. The smallest absolute Gasteiger partial charge is 0.341 e. The van der Waals surface area contributed by atoms with E-state index in [0.717, 1.165) is 29.0 Å². The Balaban J connectivity index is 0.00000231. The molecule has 0 spiro atoms. The molecule has 2 aliphatic rings. The molecule has 162 valence electrons. The quantitative estimate of drug-likeness (QED) is 0.632. The van der Waals surface area contributed by atoms with Crippen molar-refractivity contribution in [1.82, 2.24) is 9.55 Å². The van der Waals surface area contributed by atoms with Gasteiger partial charge in [0.2, 0.25) is 5.43 Å². The van der Waals surface area contributed by atoms with Crippen LogP contribution in [-0.2, 0) is 0 Å². The number of aromatic nitrogens is 2. The number of carboxylic acid groups (broad SMARTS) is 1. The van der Waals surface area contributed by atoms with Gasteiger partial charge in [-0.15, -0.1) is 12.4 Å². The van der Waals surface area contributed by atoms with Crippen LogP contribution >= 0.6 is 12.4 Å². The van der Waals surface area contributed by atoms with Gasteiger partial charge < -0.3 is 15.7 Å². The molecule has 3 heterocycles. The van der Waals surface area contributed by atoms with E-state index < -0.39 is 34.4 Å². The maximum atomic E-state index is 14.8. The van der Waals surface area contributed by atoms with E-state index in [2.05, 4.69) is 4.98 Å². The molecule has 1 aliphatic heterocycles. The van der Waals surface area contributed by atoms with Crippen LogP contribution in [0.15, 0.2) is 35.3 Å². The fourth-order valence-electron chi connectivity index (χ4n) is 4.19. The fraction of sp³-hybridized carbons (Fsp3) is 0.250. The Morgan fingerprint density at radius 1 is 1.13 bits per heavy atom. The van der Waals surface area contributed by atoms with Gasteiger partial charge in [-0.25, -0.2) is 22.9 Å². The minimum Gasteiger partial charge on any atom is -0.477 e. The number of halogens is 4. The number of nitrogens with two attached hydrogens (primary N) is 1. The molecule has 5 rings (SSSR count). The number of fused-ring (bicyclic) bond motifs is 2. The summed E-state index contributed by atoms with van der Waals surface area (Å²) in [6, 6.07) is 3.69. The molecule has 1 saturated heterocycles. The van der Waals surface area contributed by atoms with Crippen LogP contribution in [0.5, 0.6) is 0 Å². The molecule has 1 aliphatic carbocycles. The number of aromatic carboxylic acids is 1. The summed E-state index contributed by atoms with van der Waals surface area (Å²) in [7, 11) is 0. The normalized spacial score (nSPS) is 21.7. The molecule has 11 heteroatoms. The van der Waals surface area contributed by atoms with Crippen molar-refractivity contribution in [3.05, 3.63) is 63.7 Å². The molecule has 3 aromatic rings. The van der Waals surface area contributed by atoms with Crippen LogP contribution in [0.4, 0.5) is 19.0 Å². The summed E-state index contributed by atoms with van der Waals surface area (Å²) in [5.74, 6) is -3.70. The fourth-order valence-corrected chi connectivity index (χ4v) is 4.19. The SMILES string of the molecule is Cl.N[C@@H]1[C@H]2CN(c3nc4c(cc3F)c(=O)c(C(=O)O)cn4-c3ccc(F)cc3F)C[C@@H]12. The Morgan fingerprint density at radius 3 is 2.42 bits per heavy atom. The number of carboxylic acids is 1. The zero-order valence-corrected chi connectivity index (χ0v) is 16.6. The van der Waals surface area contributed by atoms with Crippen molar-refractivity contribution in [2.24, 2.45) is 17.6 Å². The van der Waals surface area contributed by atoms with Crippen LogP contribution in [0, 0.1) is 29.3 Å². The Bertz CT molecular complexity index is 1290. The molecule has 2 fully saturated rings. The van der Waals surface area contributed by atoms with Gasteiger partial charge in [-0.05, 0) is 30.0 Å². The lowest BCUT2D eigenvalue weighted by Crippen LogP contribution is -2.30. The lowest BCUT2D eigenvalue weighted by molar-refractivity contribution is 0.0695. The van der Waals surface area contributed by atoms with Gasteiger partial charge in [0, 0.05) is 31.4 Å². The highest BCUT2D eigenvalue weighted by atomic mass is 35.5. The van der Waals surface area contributed by atoms with E-state index in [-0.39, 0.29) is 52.8 Å². The highest BCUT2D eigenvalue weighted by molar-refractivity contribution is 5.92. The van der Waals surface area contributed by atoms with Crippen molar-refractivity contribution < 1.29 is 23.1 Å². The van der Waals surface area contributed by atoms with Crippen LogP contribution in [0.25, 0.3) is 16.7 Å². The first-order valence-corrected chi connectivity index (χ1v) is 9.21. The molecule has 1 aromatic carbocycles. The molecule has 3 atom stereocenters. The summed E-state index contributed by atoms with van der Waals surface area (Å²) >= 11 is 0. The Kier molecular flexibility index (Phi) is 4.94. The van der Waals surface area contributed by atoms with Crippen LogP contribution in [0.2, 0.25) is 0 Å². The lowest BCUT2D eigenvalue weighted by atomic mass is 10.1. The second-order valence-electron chi connectivity index (χ2n) is 7.62. The molecule has 0 bridgehead atoms. The molecule has 31 heavy (non-hydrogen) atoms. The first kappa shape index (κ1) is 21.1. The van der Waals surface area contributed by atoms with Crippen molar-refractivity contribution in [2.75, 3.05) is 18.0 Å². The van der Waals surface area contributed by atoms with Crippen molar-refractivity contribution in [1.29, 1.82) is 0 Å². The van der Waals surface area contributed by atoms with Gasteiger partial charge in [0.05, 0.1) is 11.1 Å².